The smallest absolute Gasteiger partial charge is 0.203 e. The minimum absolute atomic E-state index is 0.0603. The topological polar surface area (TPSA) is 26.3 Å². The number of carbonyl (C=O) groups excluding carboxylic acids is 1. The Balaban J connectivity index is 2.03. The van der Waals surface area contributed by atoms with Gasteiger partial charge in [0.1, 0.15) is 11.6 Å². The third-order valence-corrected chi connectivity index (χ3v) is 2.53. The van der Waals surface area contributed by atoms with E-state index in [1.54, 1.807) is 18.2 Å². The molecule has 0 aromatic heterocycles. The van der Waals surface area contributed by atoms with Crippen LogP contribution in [-0.2, 0) is 0 Å². The van der Waals surface area contributed by atoms with Crippen molar-refractivity contribution < 1.29 is 13.9 Å². The Labute approximate surface area is 105 Å². The van der Waals surface area contributed by atoms with E-state index in [9.17, 15) is 9.18 Å². The van der Waals surface area contributed by atoms with E-state index in [-0.39, 0.29) is 18.0 Å². The third-order valence-electron chi connectivity index (χ3n) is 2.53. The highest BCUT2D eigenvalue weighted by atomic mass is 19.1. The number of halogens is 1. The molecular weight excluding hydrogens is 231 g/mol. The summed E-state index contributed by atoms with van der Waals surface area (Å²) in [7, 11) is 0. The molecule has 0 heterocycles. The molecule has 2 nitrogen and oxygen atoms in total. The first-order valence-electron chi connectivity index (χ1n) is 5.64. The predicted octanol–water partition coefficient (Wildman–Crippen LogP) is 3.40. The van der Waals surface area contributed by atoms with E-state index in [1.165, 1.54) is 12.1 Å². The van der Waals surface area contributed by atoms with Gasteiger partial charge in [-0.15, -0.1) is 0 Å². The maximum Gasteiger partial charge on any atom is 0.203 e. The average Bonchev–Trinajstić information content (AvgIpc) is 2.37. The van der Waals surface area contributed by atoms with Crippen LogP contribution in [0.1, 0.15) is 15.9 Å². The number of rotatable bonds is 4. The molecule has 92 valence electrons. The molecule has 0 spiro atoms. The minimum atomic E-state index is -0.518. The van der Waals surface area contributed by atoms with E-state index >= 15 is 0 Å². The number of hydrogen-bond acceptors (Lipinski definition) is 2. The molecule has 18 heavy (non-hydrogen) atoms. The zero-order chi connectivity index (χ0) is 13.0. The lowest BCUT2D eigenvalue weighted by molar-refractivity contribution is 0.0917. The Morgan fingerprint density at radius 2 is 1.94 bits per heavy atom. The first kappa shape index (κ1) is 12.3. The number of aryl methyl sites for hydroxylation is 1. The molecule has 0 saturated carbocycles. The van der Waals surface area contributed by atoms with Gasteiger partial charge in [0.25, 0.3) is 0 Å². The monoisotopic (exact) mass is 244 g/mol. The SMILES string of the molecule is Cc1cccc(OCC(=O)c2ccccc2F)c1. The Bertz CT molecular complexity index is 564. The standard InChI is InChI=1S/C15H13FO2/c1-11-5-4-6-12(9-11)18-10-15(17)13-7-2-3-8-14(13)16/h2-9H,10H2,1H3. The van der Waals surface area contributed by atoms with Crippen molar-refractivity contribution in [2.75, 3.05) is 6.61 Å². The molecule has 0 unspecified atom stereocenters. The summed E-state index contributed by atoms with van der Waals surface area (Å²) in [6.45, 7) is 1.77. The van der Waals surface area contributed by atoms with E-state index in [2.05, 4.69) is 0 Å². The predicted molar refractivity (Wildman–Crippen MR) is 67.4 cm³/mol. The van der Waals surface area contributed by atoms with Gasteiger partial charge in [0.2, 0.25) is 5.78 Å². The highest BCUT2D eigenvalue weighted by Gasteiger charge is 2.11. The van der Waals surface area contributed by atoms with Gasteiger partial charge >= 0.3 is 0 Å². The highest BCUT2D eigenvalue weighted by molar-refractivity contribution is 5.97. The first-order valence-corrected chi connectivity index (χ1v) is 5.64. The zero-order valence-electron chi connectivity index (χ0n) is 10.0. The zero-order valence-corrected chi connectivity index (χ0v) is 10.0. The molecule has 0 saturated heterocycles. The van der Waals surface area contributed by atoms with Crippen molar-refractivity contribution in [1.29, 1.82) is 0 Å². The van der Waals surface area contributed by atoms with Crippen LogP contribution >= 0.6 is 0 Å². The van der Waals surface area contributed by atoms with Crippen LogP contribution in [0.25, 0.3) is 0 Å². The van der Waals surface area contributed by atoms with Gasteiger partial charge < -0.3 is 4.74 Å². The molecule has 2 aromatic rings. The summed E-state index contributed by atoms with van der Waals surface area (Å²) in [5.41, 5.74) is 1.11. The molecule has 0 fully saturated rings. The fourth-order valence-corrected chi connectivity index (χ4v) is 1.62. The van der Waals surface area contributed by atoms with Crippen molar-refractivity contribution in [3.63, 3.8) is 0 Å². The Kier molecular flexibility index (Phi) is 3.72. The number of Topliss-reactive ketones (excluding diaryl/α,β-unsaturated/α-hetero) is 1. The lowest BCUT2D eigenvalue weighted by Gasteiger charge is -2.06. The molecule has 0 bridgehead atoms. The average molecular weight is 244 g/mol. The van der Waals surface area contributed by atoms with Gasteiger partial charge in [-0.3, -0.25) is 4.79 Å². The Morgan fingerprint density at radius 1 is 1.17 bits per heavy atom. The largest absolute Gasteiger partial charge is 0.485 e. The summed E-state index contributed by atoms with van der Waals surface area (Å²) >= 11 is 0. The van der Waals surface area contributed by atoms with Gasteiger partial charge in [-0.05, 0) is 36.8 Å². The normalized spacial score (nSPS) is 10.1. The van der Waals surface area contributed by atoms with Gasteiger partial charge in [0.15, 0.2) is 6.61 Å². The maximum absolute atomic E-state index is 13.4. The van der Waals surface area contributed by atoms with Crippen LogP contribution in [0.4, 0.5) is 4.39 Å². The van der Waals surface area contributed by atoms with Crippen LogP contribution in [0.3, 0.4) is 0 Å². The highest BCUT2D eigenvalue weighted by Crippen LogP contribution is 2.13. The summed E-state index contributed by atoms with van der Waals surface area (Å²) in [5.74, 6) is -0.273. The molecule has 2 rings (SSSR count). The van der Waals surface area contributed by atoms with Crippen molar-refractivity contribution in [1.82, 2.24) is 0 Å². The van der Waals surface area contributed by atoms with E-state index in [0.29, 0.717) is 5.75 Å². The van der Waals surface area contributed by atoms with Crippen molar-refractivity contribution in [3.8, 4) is 5.75 Å². The van der Waals surface area contributed by atoms with Crippen molar-refractivity contribution in [3.05, 3.63) is 65.5 Å². The summed E-state index contributed by atoms with van der Waals surface area (Å²) < 4.78 is 18.7. The minimum Gasteiger partial charge on any atom is -0.485 e. The molecule has 3 heteroatoms. The van der Waals surface area contributed by atoms with Gasteiger partial charge in [-0.25, -0.2) is 4.39 Å². The molecule has 0 aliphatic rings. The van der Waals surface area contributed by atoms with Crippen LogP contribution < -0.4 is 4.74 Å². The van der Waals surface area contributed by atoms with E-state index < -0.39 is 5.82 Å². The lowest BCUT2D eigenvalue weighted by atomic mass is 10.1. The van der Waals surface area contributed by atoms with Crippen LogP contribution in [0.5, 0.6) is 5.75 Å². The number of hydrogen-bond donors (Lipinski definition) is 0. The third kappa shape index (κ3) is 2.94. The van der Waals surface area contributed by atoms with Gasteiger partial charge in [-0.1, -0.05) is 24.3 Å². The maximum atomic E-state index is 13.4. The van der Waals surface area contributed by atoms with Crippen molar-refractivity contribution in [2.45, 2.75) is 6.92 Å². The number of ketones is 1. The summed E-state index contributed by atoms with van der Waals surface area (Å²) in [6, 6.07) is 13.3. The van der Waals surface area contributed by atoms with Crippen molar-refractivity contribution in [2.24, 2.45) is 0 Å². The molecular formula is C15H13FO2. The van der Waals surface area contributed by atoms with Crippen LogP contribution in [0.15, 0.2) is 48.5 Å². The molecule has 0 atom stereocenters. The second kappa shape index (κ2) is 5.45. The number of benzene rings is 2. The van der Waals surface area contributed by atoms with Crippen LogP contribution in [0.2, 0.25) is 0 Å². The van der Waals surface area contributed by atoms with Crippen LogP contribution in [-0.4, -0.2) is 12.4 Å². The Hall–Kier alpha value is -2.16. The molecule has 0 aliphatic carbocycles. The fraction of sp³-hybridized carbons (Fsp3) is 0.133. The fourth-order valence-electron chi connectivity index (χ4n) is 1.62. The first-order chi connectivity index (χ1) is 8.66. The number of carbonyl (C=O) groups is 1. The van der Waals surface area contributed by atoms with Gasteiger partial charge in [0, 0.05) is 0 Å². The summed E-state index contributed by atoms with van der Waals surface area (Å²) in [6.07, 6.45) is 0. The molecule has 2 aromatic carbocycles. The van der Waals surface area contributed by atoms with E-state index in [0.717, 1.165) is 5.56 Å². The second-order valence-electron chi connectivity index (χ2n) is 4.01. The lowest BCUT2D eigenvalue weighted by Crippen LogP contribution is -2.13. The van der Waals surface area contributed by atoms with E-state index in [4.69, 9.17) is 4.74 Å². The number of ether oxygens (including phenoxy) is 1. The van der Waals surface area contributed by atoms with Gasteiger partial charge in [0.05, 0.1) is 5.56 Å². The molecule has 0 amide bonds. The molecule has 0 N–H and O–H groups in total. The van der Waals surface area contributed by atoms with Crippen LogP contribution in [0, 0.1) is 12.7 Å². The second-order valence-corrected chi connectivity index (χ2v) is 4.01. The molecule has 0 aliphatic heterocycles. The quantitative estimate of drug-likeness (QED) is 0.770. The molecule has 0 radical (unpaired) electrons. The van der Waals surface area contributed by atoms with Crippen molar-refractivity contribution >= 4 is 5.78 Å². The Morgan fingerprint density at radius 3 is 2.67 bits per heavy atom. The summed E-state index contributed by atoms with van der Waals surface area (Å²) in [5, 5.41) is 0. The van der Waals surface area contributed by atoms with Gasteiger partial charge in [-0.2, -0.15) is 0 Å². The van der Waals surface area contributed by atoms with E-state index in [1.807, 2.05) is 25.1 Å². The summed E-state index contributed by atoms with van der Waals surface area (Å²) in [4.78, 5) is 11.8.